The van der Waals surface area contributed by atoms with Gasteiger partial charge in [-0.15, -0.1) is 0 Å². The van der Waals surface area contributed by atoms with Crippen LogP contribution in [0.5, 0.6) is 0 Å². The molecule has 9 nitrogen and oxygen atoms in total. The van der Waals surface area contributed by atoms with Gasteiger partial charge in [0, 0.05) is 12.8 Å². The highest BCUT2D eigenvalue weighted by Crippen LogP contribution is 2.14. The molecule has 434 valence electrons. The zero-order chi connectivity index (χ0) is 56.2. The molecule has 0 radical (unpaired) electrons. The average Bonchev–Trinajstić information content (AvgIpc) is 3.40. The smallest absolute Gasteiger partial charge is 0.306 e. The maximum absolute atomic E-state index is 12.9. The van der Waals surface area contributed by atoms with E-state index in [1.165, 1.54) is 32.1 Å². The van der Waals surface area contributed by atoms with E-state index in [0.29, 0.717) is 23.9 Å². The van der Waals surface area contributed by atoms with Crippen molar-refractivity contribution in [2.45, 2.75) is 219 Å². The third kappa shape index (κ3) is 58.7. The Bertz CT molecular complexity index is 1770. The molecule has 0 aromatic rings. The number of aliphatic carboxylic acids is 1. The molecule has 0 aromatic carbocycles. The second-order valence-electron chi connectivity index (χ2n) is 20.5. The number of nitrogens with zero attached hydrogens (tertiary/aromatic N) is 1. The second-order valence-corrected chi connectivity index (χ2v) is 20.5. The van der Waals surface area contributed by atoms with Gasteiger partial charge in [-0.05, 0) is 116 Å². The SMILES string of the molecule is CC/C=C\C/C=C\C/C=C\C/C=C\C/C=C\C/C=C\C/C=C\C/C=C\C/C=C\C/C=C\CCCCCCCCCCC(=O)OC(COC(=O)CCCCCCC/C=C\C/C=C\CCC)COC(OCC[N+](C)(C)C)C(=O)[O-]. The molecule has 0 N–H and O–H groups in total. The third-order valence-electron chi connectivity index (χ3n) is 12.1. The Morgan fingerprint density at radius 1 is 0.403 bits per heavy atom. The van der Waals surface area contributed by atoms with Gasteiger partial charge in [-0.3, -0.25) is 9.59 Å². The van der Waals surface area contributed by atoms with Crippen LogP contribution >= 0.6 is 0 Å². The number of hydrogen-bond donors (Lipinski definition) is 0. The summed E-state index contributed by atoms with van der Waals surface area (Å²) in [5.41, 5.74) is 0. The Morgan fingerprint density at radius 3 is 1.10 bits per heavy atom. The van der Waals surface area contributed by atoms with E-state index in [9.17, 15) is 19.5 Å². The van der Waals surface area contributed by atoms with Crippen LogP contribution in [-0.4, -0.2) is 82.3 Å². The van der Waals surface area contributed by atoms with Gasteiger partial charge in [0.25, 0.3) is 0 Å². The highest BCUT2D eigenvalue weighted by Gasteiger charge is 2.22. The average molecular weight is 1070 g/mol. The predicted octanol–water partition coefficient (Wildman–Crippen LogP) is 16.7. The zero-order valence-electron chi connectivity index (χ0n) is 49.3. The minimum absolute atomic E-state index is 0.136. The summed E-state index contributed by atoms with van der Waals surface area (Å²) in [4.78, 5) is 37.2. The lowest BCUT2D eigenvalue weighted by molar-refractivity contribution is -0.870. The van der Waals surface area contributed by atoms with Crippen LogP contribution in [0, 0.1) is 0 Å². The number of allylic oxidation sites excluding steroid dienone is 24. The fourth-order valence-corrected chi connectivity index (χ4v) is 7.48. The fourth-order valence-electron chi connectivity index (χ4n) is 7.48. The van der Waals surface area contributed by atoms with Crippen LogP contribution < -0.4 is 5.11 Å². The van der Waals surface area contributed by atoms with Crippen LogP contribution in [0.1, 0.15) is 206 Å². The van der Waals surface area contributed by atoms with E-state index in [-0.39, 0.29) is 38.6 Å². The number of carboxylic acids is 1. The summed E-state index contributed by atoms with van der Waals surface area (Å²) in [6, 6.07) is 0. The molecule has 0 aliphatic heterocycles. The minimum atomic E-state index is -1.63. The van der Waals surface area contributed by atoms with Crippen LogP contribution in [0.3, 0.4) is 0 Å². The molecule has 0 amide bonds. The highest BCUT2D eigenvalue weighted by atomic mass is 16.7. The molecule has 0 rings (SSSR count). The molecule has 0 saturated heterocycles. The van der Waals surface area contributed by atoms with Crippen LogP contribution in [-0.2, 0) is 33.3 Å². The number of hydrogen-bond acceptors (Lipinski definition) is 8. The predicted molar refractivity (Wildman–Crippen MR) is 324 cm³/mol. The van der Waals surface area contributed by atoms with E-state index in [0.717, 1.165) is 135 Å². The van der Waals surface area contributed by atoms with Crippen molar-refractivity contribution in [3.05, 3.63) is 146 Å². The molecule has 0 heterocycles. The van der Waals surface area contributed by atoms with Crippen molar-refractivity contribution in [3.63, 3.8) is 0 Å². The van der Waals surface area contributed by atoms with Crippen molar-refractivity contribution in [1.82, 2.24) is 0 Å². The molecule has 0 bridgehead atoms. The molecule has 0 spiro atoms. The van der Waals surface area contributed by atoms with Gasteiger partial charge in [0.2, 0.25) is 0 Å². The summed E-state index contributed by atoms with van der Waals surface area (Å²) in [5.74, 6) is -2.33. The standard InChI is InChI=1S/C68H109NO8/c1-6-8-10-12-14-16-18-20-21-22-23-24-25-26-27-28-29-30-31-32-33-34-35-36-37-38-39-40-41-42-43-44-45-47-49-51-53-55-57-59-66(71)77-64(63-76-68(67(72)73)74-61-60-69(3,4)5)62-75-65(70)58-56-54-52-50-48-46-19-17-15-13-11-9-7-2/h8,10-11,13-14,16-17,19-21,23-24,26-27,29-30,32-33,35-36,38-39,41-42,64,68H,6-7,9,12,15,18,22,25,28,31,34,37,40,43-63H2,1-5H3/b10-8-,13-11-,16-14-,19-17-,21-20-,24-23-,27-26-,30-29-,33-32-,36-35-,39-38-,42-41-. The quantitative estimate of drug-likeness (QED) is 0.0195. The van der Waals surface area contributed by atoms with Gasteiger partial charge < -0.3 is 33.3 Å². The first-order valence-corrected chi connectivity index (χ1v) is 30.0. The van der Waals surface area contributed by atoms with Gasteiger partial charge in [-0.1, -0.05) is 224 Å². The lowest BCUT2D eigenvalue weighted by Crippen LogP contribution is -2.44. The fraction of sp³-hybridized carbons (Fsp3) is 0.603. The molecule has 0 aliphatic carbocycles. The largest absolute Gasteiger partial charge is 0.545 e. The van der Waals surface area contributed by atoms with Crippen LogP contribution in [0.25, 0.3) is 0 Å². The Morgan fingerprint density at radius 2 is 0.740 bits per heavy atom. The number of carbonyl (C=O) groups is 3. The van der Waals surface area contributed by atoms with E-state index in [2.05, 4.69) is 160 Å². The summed E-state index contributed by atoms with van der Waals surface area (Å²) < 4.78 is 22.6. The molecule has 0 fully saturated rings. The first-order valence-electron chi connectivity index (χ1n) is 30.0. The lowest BCUT2D eigenvalue weighted by atomic mass is 10.1. The summed E-state index contributed by atoms with van der Waals surface area (Å²) in [5, 5.41) is 11.8. The lowest BCUT2D eigenvalue weighted by Gasteiger charge is -2.26. The maximum atomic E-state index is 12.9. The number of quaternary nitrogens is 1. The topological polar surface area (TPSA) is 111 Å². The number of ether oxygens (including phenoxy) is 4. The third-order valence-corrected chi connectivity index (χ3v) is 12.1. The van der Waals surface area contributed by atoms with Gasteiger partial charge in [0.1, 0.15) is 13.2 Å². The molecule has 2 unspecified atom stereocenters. The number of unbranched alkanes of at least 4 members (excludes halogenated alkanes) is 14. The number of likely N-dealkylation sites (N-methyl/N-ethyl adjacent to an activating group) is 1. The van der Waals surface area contributed by atoms with Gasteiger partial charge in [-0.25, -0.2) is 0 Å². The van der Waals surface area contributed by atoms with Crippen molar-refractivity contribution in [1.29, 1.82) is 0 Å². The van der Waals surface area contributed by atoms with Crippen molar-refractivity contribution >= 4 is 17.9 Å². The minimum Gasteiger partial charge on any atom is -0.545 e. The van der Waals surface area contributed by atoms with Crippen LogP contribution in [0.4, 0.5) is 0 Å². The molecular formula is C68H109NO8. The van der Waals surface area contributed by atoms with E-state index in [1.807, 2.05) is 21.1 Å². The molecular weight excluding hydrogens is 959 g/mol. The van der Waals surface area contributed by atoms with E-state index < -0.39 is 24.3 Å². The van der Waals surface area contributed by atoms with Crippen molar-refractivity contribution in [2.75, 3.05) is 47.5 Å². The highest BCUT2D eigenvalue weighted by molar-refractivity contribution is 5.70. The van der Waals surface area contributed by atoms with Gasteiger partial charge in [-0.2, -0.15) is 0 Å². The van der Waals surface area contributed by atoms with Crippen LogP contribution in [0.15, 0.2) is 146 Å². The molecule has 77 heavy (non-hydrogen) atoms. The summed E-state index contributed by atoms with van der Waals surface area (Å²) in [7, 11) is 5.90. The van der Waals surface area contributed by atoms with E-state index in [4.69, 9.17) is 18.9 Å². The first kappa shape index (κ1) is 72.2. The summed E-state index contributed by atoms with van der Waals surface area (Å²) in [6.45, 7) is 4.51. The number of carboxylic acid groups (broad SMARTS) is 1. The normalized spacial score (nSPS) is 13.8. The van der Waals surface area contributed by atoms with Gasteiger partial charge in [0.15, 0.2) is 12.4 Å². The zero-order valence-corrected chi connectivity index (χ0v) is 49.3. The van der Waals surface area contributed by atoms with Crippen molar-refractivity contribution in [3.8, 4) is 0 Å². The molecule has 9 heteroatoms. The Labute approximate surface area is 471 Å². The summed E-state index contributed by atoms with van der Waals surface area (Å²) >= 11 is 0. The van der Waals surface area contributed by atoms with Crippen LogP contribution in [0.2, 0.25) is 0 Å². The van der Waals surface area contributed by atoms with Gasteiger partial charge in [0.05, 0.1) is 40.3 Å². The van der Waals surface area contributed by atoms with E-state index >= 15 is 0 Å². The Kier molecular flexibility index (Phi) is 53.8. The first-order chi connectivity index (χ1) is 37.6. The van der Waals surface area contributed by atoms with E-state index in [1.54, 1.807) is 0 Å². The van der Waals surface area contributed by atoms with Crippen molar-refractivity contribution < 1.29 is 42.9 Å². The second kappa shape index (κ2) is 57.3. The molecule has 0 saturated carbocycles. The summed E-state index contributed by atoms with van der Waals surface area (Å²) in [6.07, 6.45) is 80.5. The number of carbonyl (C=O) groups excluding carboxylic acids is 3. The molecule has 0 aliphatic rings. The molecule has 0 aromatic heterocycles. The van der Waals surface area contributed by atoms with Crippen molar-refractivity contribution in [2.24, 2.45) is 0 Å². The maximum Gasteiger partial charge on any atom is 0.306 e. The monoisotopic (exact) mass is 1070 g/mol. The molecule has 2 atom stereocenters. The number of esters is 2. The van der Waals surface area contributed by atoms with Gasteiger partial charge >= 0.3 is 11.9 Å². The number of rotatable bonds is 53. The Balaban J connectivity index is 4.19. The Hall–Kier alpha value is -4.83.